The molecule has 8 aromatic rings. The third-order valence-electron chi connectivity index (χ3n) is 15.2. The van der Waals surface area contributed by atoms with Crippen LogP contribution < -0.4 is 37.7 Å². The summed E-state index contributed by atoms with van der Waals surface area (Å²) in [7, 11) is 0. The van der Waals surface area contributed by atoms with Crippen LogP contribution in [0.25, 0.3) is 54.7 Å². The van der Waals surface area contributed by atoms with Crippen LogP contribution in [0.1, 0.15) is 12.1 Å². The van der Waals surface area contributed by atoms with Gasteiger partial charge in [-0.3, -0.25) is 0 Å². The van der Waals surface area contributed by atoms with Gasteiger partial charge in [-0.25, -0.2) is 0 Å². The summed E-state index contributed by atoms with van der Waals surface area (Å²) in [6.07, 6.45) is 0. The maximum absolute atomic E-state index is 2.97. The molecule has 6 atom stereocenters. The van der Waals surface area contributed by atoms with Crippen molar-refractivity contribution in [3.05, 3.63) is 109 Å². The van der Waals surface area contributed by atoms with Crippen molar-refractivity contribution in [1.29, 1.82) is 0 Å². The van der Waals surface area contributed by atoms with Crippen molar-refractivity contribution in [1.82, 2.24) is 9.13 Å². The maximum Gasteiger partial charge on any atom is 0.223 e. The summed E-state index contributed by atoms with van der Waals surface area (Å²) in [5, 5.41) is 5.85. The van der Waals surface area contributed by atoms with Gasteiger partial charge in [0.2, 0.25) is 20.1 Å². The topological polar surface area (TPSA) is 13.1 Å². The summed E-state index contributed by atoms with van der Waals surface area (Å²) in [6, 6.07) is 45.0. The van der Waals surface area contributed by atoms with Crippen molar-refractivity contribution in [2.75, 3.05) is 4.90 Å². The number of hydrogen-bond donors (Lipinski definition) is 0. The van der Waals surface area contributed by atoms with Crippen LogP contribution in [-0.4, -0.2) is 35.3 Å². The Morgan fingerprint density at radius 1 is 0.375 bits per heavy atom. The van der Waals surface area contributed by atoms with Crippen LogP contribution in [0.2, 0.25) is 17.5 Å². The standard InChI is InChI=1S/C42H24B3N3/c1-2-10-26-25(9-1)43-27-11-3-4-13-29(27)46-30-14-6-8-22-24-18-16-20-19-15-17-23-21-7-5-12-28-36(21)47-38(23)31(19)45-32(20)39(24)48(37(22)30)42-35(45)40(47)33(44(26)28)34(43)41(42)46/h1-18,33-35,40-42H/t33?,34?,35-,40-,41?,42?/m1/s1. The first kappa shape index (κ1) is 22.5. The Hall–Kier alpha value is -5.09. The Morgan fingerprint density at radius 3 is 1.71 bits per heavy atom. The molecule has 0 radical (unpaired) electrons. The first-order valence-electron chi connectivity index (χ1n) is 18.1. The fraction of sp³-hybridized carbons (Fsp3) is 0.143. The van der Waals surface area contributed by atoms with Crippen LogP contribution in [0.4, 0.5) is 11.4 Å². The first-order chi connectivity index (χ1) is 23.9. The largest absolute Gasteiger partial charge is 0.339 e. The highest BCUT2D eigenvalue weighted by atomic mass is 15.3. The van der Waals surface area contributed by atoms with E-state index < -0.39 is 0 Å². The second-order valence-corrected chi connectivity index (χ2v) is 16.2. The summed E-state index contributed by atoms with van der Waals surface area (Å²) in [5.41, 5.74) is 21.5. The molecule has 3 nitrogen and oxygen atoms in total. The monoisotopic (exact) mass is 603 g/mol. The van der Waals surface area contributed by atoms with Crippen LogP contribution in [0.15, 0.2) is 109 Å². The predicted octanol–water partition coefficient (Wildman–Crippen LogP) is 4.80. The average molecular weight is 603 g/mol. The molecule has 7 aliphatic heterocycles. The fourth-order valence-corrected chi connectivity index (χ4v) is 14.4. The van der Waals surface area contributed by atoms with Gasteiger partial charge in [0.1, 0.15) is 0 Å². The quantitative estimate of drug-likeness (QED) is 0.227. The molecular formula is C42H24B3N3. The molecule has 8 aliphatic rings. The second kappa shape index (κ2) is 6.62. The molecule has 9 heterocycles. The van der Waals surface area contributed by atoms with Crippen LogP contribution in [0, 0.1) is 0 Å². The van der Waals surface area contributed by atoms with Gasteiger partial charge in [0.15, 0.2) is 0 Å². The lowest BCUT2D eigenvalue weighted by atomic mass is 9.09. The van der Waals surface area contributed by atoms with E-state index >= 15 is 0 Å². The predicted molar refractivity (Wildman–Crippen MR) is 201 cm³/mol. The van der Waals surface area contributed by atoms with E-state index in [9.17, 15) is 0 Å². The normalized spacial score (nSPS) is 27.0. The Morgan fingerprint density at radius 2 is 0.938 bits per heavy atom. The summed E-state index contributed by atoms with van der Waals surface area (Å²) in [4.78, 5) is 2.90. The minimum Gasteiger partial charge on any atom is -0.339 e. The van der Waals surface area contributed by atoms with E-state index in [2.05, 4.69) is 123 Å². The number of aromatic nitrogens is 2. The smallest absolute Gasteiger partial charge is 0.223 e. The zero-order valence-corrected chi connectivity index (χ0v) is 25.9. The van der Waals surface area contributed by atoms with Crippen molar-refractivity contribution >= 4 is 108 Å². The number of hydrogen-bond acceptors (Lipinski definition) is 1. The van der Waals surface area contributed by atoms with Gasteiger partial charge < -0.3 is 14.0 Å². The number of rotatable bonds is 0. The lowest BCUT2D eigenvalue weighted by Gasteiger charge is -2.67. The van der Waals surface area contributed by atoms with Gasteiger partial charge >= 0.3 is 0 Å². The molecule has 4 unspecified atom stereocenters. The molecule has 16 rings (SSSR count). The fourth-order valence-electron chi connectivity index (χ4n) is 14.4. The Kier molecular flexibility index (Phi) is 3.10. The molecule has 216 valence electrons. The van der Waals surface area contributed by atoms with E-state index in [1.807, 2.05) is 0 Å². The molecule has 0 amide bonds. The summed E-state index contributed by atoms with van der Waals surface area (Å²) in [6.45, 7) is 1.25. The highest BCUT2D eigenvalue weighted by molar-refractivity contribution is 7.02. The molecule has 1 aliphatic carbocycles. The minimum absolute atomic E-state index is 0.392. The van der Waals surface area contributed by atoms with E-state index in [1.54, 1.807) is 38.3 Å². The van der Waals surface area contributed by atoms with Gasteiger partial charge in [0.05, 0.1) is 23.3 Å². The van der Waals surface area contributed by atoms with Crippen LogP contribution in [-0.2, 0) is 0 Å². The lowest BCUT2D eigenvalue weighted by Crippen LogP contribution is -2.78. The van der Waals surface area contributed by atoms with Crippen LogP contribution in [0.3, 0.4) is 0 Å². The molecular weight excluding hydrogens is 579 g/mol. The van der Waals surface area contributed by atoms with Crippen molar-refractivity contribution in [2.24, 2.45) is 0 Å². The maximum atomic E-state index is 2.97. The van der Waals surface area contributed by atoms with Crippen molar-refractivity contribution in [2.45, 2.75) is 35.6 Å². The minimum atomic E-state index is 0.392. The van der Waals surface area contributed by atoms with E-state index in [0.29, 0.717) is 55.7 Å². The van der Waals surface area contributed by atoms with Gasteiger partial charge in [-0.2, -0.15) is 0 Å². The molecule has 0 spiro atoms. The SMILES string of the molecule is c1ccc2c(c1)B1c3ccccc3N3c4cccc5c6ccc7c8c6n(c45)C4C3C1C1B2c2cccc3c5ccc-7c6c5n(c23)[C@H]1[C@H]4B86. The Labute approximate surface area is 277 Å². The van der Waals surface area contributed by atoms with Crippen LogP contribution in [0.5, 0.6) is 0 Å². The van der Waals surface area contributed by atoms with E-state index in [0.717, 1.165) is 0 Å². The van der Waals surface area contributed by atoms with Crippen molar-refractivity contribution in [3.8, 4) is 11.1 Å². The molecule has 0 N–H and O–H groups in total. The van der Waals surface area contributed by atoms with Gasteiger partial charge in [-0.05, 0) is 51.6 Å². The van der Waals surface area contributed by atoms with Gasteiger partial charge in [-0.1, -0.05) is 119 Å². The number of para-hydroxylation sites is 3. The number of benzene rings is 6. The molecule has 6 heteroatoms. The van der Waals surface area contributed by atoms with Crippen molar-refractivity contribution < 1.29 is 0 Å². The lowest BCUT2D eigenvalue weighted by molar-refractivity contribution is 0.233. The van der Waals surface area contributed by atoms with Crippen LogP contribution >= 0.6 is 0 Å². The van der Waals surface area contributed by atoms with Crippen molar-refractivity contribution in [3.63, 3.8) is 0 Å². The number of fused-ring (bicyclic) bond motifs is 11. The molecule has 48 heavy (non-hydrogen) atoms. The van der Waals surface area contributed by atoms with Gasteiger partial charge in [-0.15, -0.1) is 0 Å². The molecule has 0 saturated heterocycles. The van der Waals surface area contributed by atoms with E-state index in [-0.39, 0.29) is 0 Å². The number of nitrogens with zero attached hydrogens (tertiary/aromatic N) is 3. The number of anilines is 2. The highest BCUT2D eigenvalue weighted by Gasteiger charge is 2.71. The third-order valence-corrected chi connectivity index (χ3v) is 15.2. The highest BCUT2D eigenvalue weighted by Crippen LogP contribution is 2.70. The first-order valence-corrected chi connectivity index (χ1v) is 18.1. The second-order valence-electron chi connectivity index (χ2n) is 16.2. The Bertz CT molecular complexity index is 2810. The molecule has 1 fully saturated rings. The van der Waals surface area contributed by atoms with E-state index in [4.69, 9.17) is 0 Å². The molecule has 1 saturated carbocycles. The zero-order chi connectivity index (χ0) is 30.0. The molecule has 6 aromatic carbocycles. The summed E-state index contributed by atoms with van der Waals surface area (Å²) < 4.78 is 5.93. The zero-order valence-electron chi connectivity index (χ0n) is 25.9. The molecule has 2 aromatic heterocycles. The average Bonchev–Trinajstić information content (AvgIpc) is 3.78. The third kappa shape index (κ3) is 1.87. The molecule has 0 bridgehead atoms. The van der Waals surface area contributed by atoms with Gasteiger partial charge in [0, 0.05) is 49.8 Å². The summed E-state index contributed by atoms with van der Waals surface area (Å²) in [5.74, 6) is 1.55. The van der Waals surface area contributed by atoms with Gasteiger partial charge in [0.25, 0.3) is 0 Å². The Balaban J connectivity index is 1.22. The summed E-state index contributed by atoms with van der Waals surface area (Å²) >= 11 is 0. The van der Waals surface area contributed by atoms with E-state index in [1.165, 1.54) is 60.5 Å².